The third-order valence-corrected chi connectivity index (χ3v) is 2.45. The summed E-state index contributed by atoms with van der Waals surface area (Å²) in [5.41, 5.74) is 2.35. The van der Waals surface area contributed by atoms with Crippen LogP contribution in [-0.2, 0) is 5.33 Å². The number of hydrogen-bond donors (Lipinski definition) is 1. The van der Waals surface area contributed by atoms with Crippen LogP contribution in [0.15, 0.2) is 24.3 Å². The van der Waals surface area contributed by atoms with Crippen molar-refractivity contribution < 1.29 is 0 Å². The van der Waals surface area contributed by atoms with Crippen LogP contribution in [0.5, 0.6) is 0 Å². The standard InChI is InChI=1S/C11H11BrS/c12-9-11-6-4-10(5-7-11)3-1-2-8-13/h4-7,13H,2,8-9H2. The van der Waals surface area contributed by atoms with Crippen molar-refractivity contribution in [2.24, 2.45) is 0 Å². The molecular weight excluding hydrogens is 244 g/mol. The van der Waals surface area contributed by atoms with Gasteiger partial charge in [-0.15, -0.1) is 0 Å². The van der Waals surface area contributed by atoms with E-state index in [2.05, 4.69) is 52.5 Å². The minimum absolute atomic E-state index is 0.826. The number of benzene rings is 1. The monoisotopic (exact) mass is 254 g/mol. The fourth-order valence-electron chi connectivity index (χ4n) is 0.898. The quantitative estimate of drug-likeness (QED) is 0.468. The molecule has 0 amide bonds. The Morgan fingerprint density at radius 1 is 1.23 bits per heavy atom. The lowest BCUT2D eigenvalue weighted by atomic mass is 10.1. The van der Waals surface area contributed by atoms with Crippen molar-refractivity contribution in [2.45, 2.75) is 11.8 Å². The molecule has 1 aromatic rings. The molecule has 68 valence electrons. The van der Waals surface area contributed by atoms with Gasteiger partial charge in [0.2, 0.25) is 0 Å². The zero-order chi connectivity index (χ0) is 9.52. The lowest BCUT2D eigenvalue weighted by Gasteiger charge is -1.93. The second-order valence-corrected chi connectivity index (χ2v) is 3.61. The summed E-state index contributed by atoms with van der Waals surface area (Å²) in [6, 6.07) is 8.25. The van der Waals surface area contributed by atoms with E-state index in [0.717, 1.165) is 23.1 Å². The molecule has 0 fully saturated rings. The zero-order valence-electron chi connectivity index (χ0n) is 7.26. The Morgan fingerprint density at radius 3 is 2.46 bits per heavy atom. The van der Waals surface area contributed by atoms with Gasteiger partial charge in [0.25, 0.3) is 0 Å². The van der Waals surface area contributed by atoms with Crippen molar-refractivity contribution >= 4 is 28.6 Å². The van der Waals surface area contributed by atoms with E-state index in [9.17, 15) is 0 Å². The van der Waals surface area contributed by atoms with Crippen LogP contribution < -0.4 is 0 Å². The predicted molar refractivity (Wildman–Crippen MR) is 64.4 cm³/mol. The molecule has 1 aromatic carbocycles. The van der Waals surface area contributed by atoms with Crippen molar-refractivity contribution in [3.63, 3.8) is 0 Å². The van der Waals surface area contributed by atoms with Gasteiger partial charge in [0, 0.05) is 23.1 Å². The maximum atomic E-state index is 4.09. The van der Waals surface area contributed by atoms with Crippen LogP contribution in [0.4, 0.5) is 0 Å². The van der Waals surface area contributed by atoms with Crippen molar-refractivity contribution in [2.75, 3.05) is 5.75 Å². The highest BCUT2D eigenvalue weighted by atomic mass is 79.9. The van der Waals surface area contributed by atoms with Gasteiger partial charge >= 0.3 is 0 Å². The van der Waals surface area contributed by atoms with Crippen molar-refractivity contribution in [3.8, 4) is 11.8 Å². The summed E-state index contributed by atoms with van der Waals surface area (Å²) in [5, 5.41) is 0.900. The van der Waals surface area contributed by atoms with E-state index in [1.807, 2.05) is 12.1 Å². The van der Waals surface area contributed by atoms with Gasteiger partial charge in [-0.25, -0.2) is 0 Å². The first-order valence-corrected chi connectivity index (χ1v) is 5.87. The molecule has 0 N–H and O–H groups in total. The molecule has 0 nitrogen and oxygen atoms in total. The van der Waals surface area contributed by atoms with Gasteiger partial charge in [0.1, 0.15) is 0 Å². The summed E-state index contributed by atoms with van der Waals surface area (Å²) in [6.45, 7) is 0. The lowest BCUT2D eigenvalue weighted by molar-refractivity contribution is 1.31. The molecule has 0 spiro atoms. The first-order chi connectivity index (χ1) is 6.36. The Bertz CT molecular complexity index is 305. The van der Waals surface area contributed by atoms with Crippen molar-refractivity contribution in [1.29, 1.82) is 0 Å². The number of thiol groups is 1. The van der Waals surface area contributed by atoms with E-state index in [1.165, 1.54) is 5.56 Å². The van der Waals surface area contributed by atoms with Gasteiger partial charge in [0.05, 0.1) is 0 Å². The lowest BCUT2D eigenvalue weighted by Crippen LogP contribution is -1.78. The second kappa shape index (κ2) is 6.12. The van der Waals surface area contributed by atoms with E-state index in [0.29, 0.717) is 0 Å². The van der Waals surface area contributed by atoms with Gasteiger partial charge in [0.15, 0.2) is 0 Å². The van der Waals surface area contributed by atoms with Gasteiger partial charge in [-0.1, -0.05) is 39.9 Å². The second-order valence-electron chi connectivity index (χ2n) is 2.61. The topological polar surface area (TPSA) is 0 Å². The third kappa shape index (κ3) is 3.89. The van der Waals surface area contributed by atoms with Crippen LogP contribution in [0.25, 0.3) is 0 Å². The summed E-state index contributed by atoms with van der Waals surface area (Å²) < 4.78 is 0. The highest BCUT2D eigenvalue weighted by Crippen LogP contribution is 2.06. The first kappa shape index (κ1) is 10.7. The maximum Gasteiger partial charge on any atom is 0.0283 e. The van der Waals surface area contributed by atoms with E-state index in [1.54, 1.807) is 0 Å². The summed E-state index contributed by atoms with van der Waals surface area (Å²) in [7, 11) is 0. The van der Waals surface area contributed by atoms with Gasteiger partial charge < -0.3 is 0 Å². The van der Waals surface area contributed by atoms with E-state index < -0.39 is 0 Å². The molecule has 0 heterocycles. The Labute approximate surface area is 93.3 Å². The molecule has 0 unspecified atom stereocenters. The molecular formula is C11H11BrS. The van der Waals surface area contributed by atoms with Gasteiger partial charge in [-0.2, -0.15) is 12.6 Å². The summed E-state index contributed by atoms with van der Waals surface area (Å²) in [5.74, 6) is 6.96. The van der Waals surface area contributed by atoms with Crippen LogP contribution in [0, 0.1) is 11.8 Å². The molecule has 0 bridgehead atoms. The van der Waals surface area contributed by atoms with Gasteiger partial charge in [-0.3, -0.25) is 0 Å². The highest BCUT2D eigenvalue weighted by molar-refractivity contribution is 9.08. The average Bonchev–Trinajstić information content (AvgIpc) is 2.19. The molecule has 2 heteroatoms. The van der Waals surface area contributed by atoms with Crippen molar-refractivity contribution in [3.05, 3.63) is 35.4 Å². The van der Waals surface area contributed by atoms with Crippen LogP contribution >= 0.6 is 28.6 Å². The molecule has 1 rings (SSSR count). The minimum atomic E-state index is 0.826. The maximum absolute atomic E-state index is 4.09. The van der Waals surface area contributed by atoms with E-state index >= 15 is 0 Å². The molecule has 0 radical (unpaired) electrons. The molecule has 0 atom stereocenters. The fraction of sp³-hybridized carbons (Fsp3) is 0.273. The largest absolute Gasteiger partial charge is 0.178 e. The normalized spacial score (nSPS) is 9.08. The Balaban J connectivity index is 2.65. The first-order valence-electron chi connectivity index (χ1n) is 4.11. The van der Waals surface area contributed by atoms with E-state index in [-0.39, 0.29) is 0 Å². The van der Waals surface area contributed by atoms with Crippen LogP contribution in [-0.4, -0.2) is 5.75 Å². The SMILES string of the molecule is SCCC#Cc1ccc(CBr)cc1. The molecule has 13 heavy (non-hydrogen) atoms. The minimum Gasteiger partial charge on any atom is -0.178 e. The number of hydrogen-bond acceptors (Lipinski definition) is 1. The smallest absolute Gasteiger partial charge is 0.0283 e. The van der Waals surface area contributed by atoms with E-state index in [4.69, 9.17) is 0 Å². The fourth-order valence-corrected chi connectivity index (χ4v) is 1.38. The summed E-state index contributed by atoms with van der Waals surface area (Å²) in [4.78, 5) is 0. The number of rotatable bonds is 2. The van der Waals surface area contributed by atoms with Gasteiger partial charge in [-0.05, 0) is 17.7 Å². The predicted octanol–water partition coefficient (Wildman–Crippen LogP) is 3.25. The Hall–Kier alpha value is -0.390. The van der Waals surface area contributed by atoms with Crippen LogP contribution in [0.3, 0.4) is 0 Å². The Morgan fingerprint density at radius 2 is 1.92 bits per heavy atom. The number of halogens is 1. The van der Waals surface area contributed by atoms with Crippen molar-refractivity contribution in [1.82, 2.24) is 0 Å². The third-order valence-electron chi connectivity index (χ3n) is 1.58. The summed E-state index contributed by atoms with van der Waals surface area (Å²) in [6.07, 6.45) is 0.851. The molecule has 0 aliphatic rings. The Kier molecular flexibility index (Phi) is 5.03. The highest BCUT2D eigenvalue weighted by Gasteiger charge is 1.88. The van der Waals surface area contributed by atoms with Crippen LogP contribution in [0.1, 0.15) is 17.5 Å². The molecule has 0 saturated heterocycles. The molecule has 0 saturated carbocycles. The summed E-state index contributed by atoms with van der Waals surface area (Å²) >= 11 is 7.49. The zero-order valence-corrected chi connectivity index (χ0v) is 9.74. The molecule has 0 aliphatic heterocycles. The van der Waals surface area contributed by atoms with Crippen LogP contribution in [0.2, 0.25) is 0 Å². The number of alkyl halides is 1. The molecule has 0 aliphatic carbocycles. The average molecular weight is 255 g/mol. The molecule has 0 aromatic heterocycles.